The zero-order valence-electron chi connectivity index (χ0n) is 8.44. The van der Waals surface area contributed by atoms with Gasteiger partial charge in [0.25, 0.3) is 0 Å². The molecule has 0 saturated carbocycles. The van der Waals surface area contributed by atoms with Crippen LogP contribution >= 0.6 is 0 Å². The molecule has 1 atom stereocenters. The number of halogens is 1. The molecule has 2 N–H and O–H groups in total. The van der Waals surface area contributed by atoms with Crippen LogP contribution in [-0.4, -0.2) is 16.6 Å². The lowest BCUT2D eigenvalue weighted by molar-refractivity contribution is -0.386. The van der Waals surface area contributed by atoms with E-state index < -0.39 is 22.2 Å². The summed E-state index contributed by atoms with van der Waals surface area (Å²) in [6.45, 7) is 0.772. The van der Waals surface area contributed by atoms with Gasteiger partial charge < -0.3 is 10.4 Å². The van der Waals surface area contributed by atoms with Gasteiger partial charge >= 0.3 is 5.69 Å². The van der Waals surface area contributed by atoms with Crippen LogP contribution in [0.1, 0.15) is 24.4 Å². The highest BCUT2D eigenvalue weighted by Crippen LogP contribution is 2.37. The predicted octanol–water partition coefficient (Wildman–Crippen LogP) is 1.86. The van der Waals surface area contributed by atoms with E-state index in [0.717, 1.165) is 31.5 Å². The second-order valence-corrected chi connectivity index (χ2v) is 3.77. The van der Waals surface area contributed by atoms with Crippen molar-refractivity contribution in [1.29, 1.82) is 0 Å². The molecule has 0 unspecified atom stereocenters. The Morgan fingerprint density at radius 2 is 2.31 bits per heavy atom. The van der Waals surface area contributed by atoms with Gasteiger partial charge in [-0.3, -0.25) is 10.1 Å². The molecule has 2 rings (SSSR count). The number of nitro groups is 1. The lowest BCUT2D eigenvalue weighted by Crippen LogP contribution is -2.13. The standard InChI is InChI=1S/C10H11FN2O3/c11-6-4-7(8-2-1-3-12-8)10(14)9(5-6)13(15)16/h4-5,8,12,14H,1-3H2/t8-/m1/s1. The van der Waals surface area contributed by atoms with Gasteiger partial charge in [0, 0.05) is 11.6 Å². The highest BCUT2D eigenvalue weighted by molar-refractivity contribution is 5.52. The first kappa shape index (κ1) is 10.8. The molecular weight excluding hydrogens is 215 g/mol. The first-order chi connectivity index (χ1) is 7.59. The average molecular weight is 226 g/mol. The van der Waals surface area contributed by atoms with Gasteiger partial charge in [-0.1, -0.05) is 0 Å². The third-order valence-corrected chi connectivity index (χ3v) is 2.72. The number of nitrogens with zero attached hydrogens (tertiary/aromatic N) is 1. The van der Waals surface area contributed by atoms with Crippen molar-refractivity contribution >= 4 is 5.69 Å². The summed E-state index contributed by atoms with van der Waals surface area (Å²) in [6, 6.07) is 1.67. The molecule has 1 aromatic rings. The van der Waals surface area contributed by atoms with Gasteiger partial charge in [0.05, 0.1) is 11.0 Å². The van der Waals surface area contributed by atoms with E-state index in [1.165, 1.54) is 0 Å². The third-order valence-electron chi connectivity index (χ3n) is 2.72. The largest absolute Gasteiger partial charge is 0.502 e. The van der Waals surface area contributed by atoms with E-state index in [4.69, 9.17) is 0 Å². The quantitative estimate of drug-likeness (QED) is 0.596. The summed E-state index contributed by atoms with van der Waals surface area (Å²) in [7, 11) is 0. The van der Waals surface area contributed by atoms with Gasteiger partial charge in [0.2, 0.25) is 0 Å². The number of nitrogens with one attached hydrogen (secondary N) is 1. The van der Waals surface area contributed by atoms with E-state index in [2.05, 4.69) is 5.32 Å². The molecule has 0 amide bonds. The first-order valence-corrected chi connectivity index (χ1v) is 5.00. The minimum Gasteiger partial charge on any atom is -0.502 e. The van der Waals surface area contributed by atoms with Gasteiger partial charge in [-0.15, -0.1) is 0 Å². The van der Waals surface area contributed by atoms with E-state index in [0.29, 0.717) is 0 Å². The van der Waals surface area contributed by atoms with Crippen molar-refractivity contribution in [3.05, 3.63) is 33.6 Å². The van der Waals surface area contributed by atoms with E-state index in [9.17, 15) is 19.6 Å². The SMILES string of the molecule is O=[N+]([O-])c1cc(F)cc([C@H]2CCCN2)c1O. The van der Waals surface area contributed by atoms with E-state index in [1.54, 1.807) is 0 Å². The van der Waals surface area contributed by atoms with Crippen LogP contribution in [0.25, 0.3) is 0 Å². The van der Waals surface area contributed by atoms with Crippen LogP contribution in [0.2, 0.25) is 0 Å². The van der Waals surface area contributed by atoms with Crippen molar-refractivity contribution in [1.82, 2.24) is 5.32 Å². The molecule has 0 aromatic heterocycles. The van der Waals surface area contributed by atoms with Gasteiger partial charge in [0.15, 0.2) is 5.75 Å². The number of aromatic hydroxyl groups is 1. The van der Waals surface area contributed by atoms with Gasteiger partial charge in [0.1, 0.15) is 5.82 Å². The van der Waals surface area contributed by atoms with Crippen LogP contribution < -0.4 is 5.32 Å². The smallest absolute Gasteiger partial charge is 0.313 e. The molecule has 0 spiro atoms. The van der Waals surface area contributed by atoms with Crippen LogP contribution in [0.4, 0.5) is 10.1 Å². The highest BCUT2D eigenvalue weighted by Gasteiger charge is 2.26. The maximum absolute atomic E-state index is 13.2. The number of phenols is 1. The van der Waals surface area contributed by atoms with Crippen LogP contribution in [0.3, 0.4) is 0 Å². The monoisotopic (exact) mass is 226 g/mol. The lowest BCUT2D eigenvalue weighted by Gasteiger charge is -2.12. The summed E-state index contributed by atoms with van der Waals surface area (Å²) < 4.78 is 13.2. The molecular formula is C10H11FN2O3. The Kier molecular flexibility index (Phi) is 2.74. The molecule has 1 aliphatic heterocycles. The summed E-state index contributed by atoms with van der Waals surface area (Å²) in [4.78, 5) is 9.82. The second kappa shape index (κ2) is 4.05. The molecule has 16 heavy (non-hydrogen) atoms. The summed E-state index contributed by atoms with van der Waals surface area (Å²) >= 11 is 0. The Labute approximate surface area is 91.0 Å². The molecule has 0 radical (unpaired) electrons. The van der Waals surface area contributed by atoms with Crippen LogP contribution in [0.15, 0.2) is 12.1 Å². The fourth-order valence-corrected chi connectivity index (χ4v) is 1.96. The topological polar surface area (TPSA) is 75.4 Å². The molecule has 1 aliphatic rings. The Morgan fingerprint density at radius 3 is 2.88 bits per heavy atom. The summed E-state index contributed by atoms with van der Waals surface area (Å²) in [5, 5.41) is 23.4. The molecule has 1 saturated heterocycles. The zero-order chi connectivity index (χ0) is 11.7. The minimum absolute atomic E-state index is 0.200. The molecule has 1 fully saturated rings. The fourth-order valence-electron chi connectivity index (χ4n) is 1.96. The Hall–Kier alpha value is -1.69. The Balaban J connectivity index is 2.47. The maximum Gasteiger partial charge on any atom is 0.313 e. The Morgan fingerprint density at radius 1 is 1.56 bits per heavy atom. The number of rotatable bonds is 2. The minimum atomic E-state index is -0.781. The molecule has 6 heteroatoms. The maximum atomic E-state index is 13.2. The van der Waals surface area contributed by atoms with Gasteiger partial charge in [-0.25, -0.2) is 4.39 Å². The van der Waals surface area contributed by atoms with E-state index in [-0.39, 0.29) is 11.6 Å². The summed E-state index contributed by atoms with van der Waals surface area (Å²) in [5.74, 6) is -1.14. The normalized spacial score (nSPS) is 19.9. The number of hydrogen-bond acceptors (Lipinski definition) is 4. The van der Waals surface area contributed by atoms with E-state index >= 15 is 0 Å². The van der Waals surface area contributed by atoms with E-state index in [1.807, 2.05) is 0 Å². The van der Waals surface area contributed by atoms with Crippen molar-refractivity contribution in [2.75, 3.05) is 6.54 Å². The predicted molar refractivity (Wildman–Crippen MR) is 54.7 cm³/mol. The third kappa shape index (κ3) is 1.83. The fraction of sp³-hybridized carbons (Fsp3) is 0.400. The van der Waals surface area contributed by atoms with Crippen LogP contribution in [-0.2, 0) is 0 Å². The van der Waals surface area contributed by atoms with Gasteiger partial charge in [-0.05, 0) is 25.5 Å². The average Bonchev–Trinajstić information content (AvgIpc) is 2.73. The number of phenolic OH excluding ortho intramolecular Hbond substituents is 1. The Bertz CT molecular complexity index is 430. The summed E-state index contributed by atoms with van der Waals surface area (Å²) in [5.41, 5.74) is -0.312. The van der Waals surface area contributed by atoms with Crippen molar-refractivity contribution in [3.8, 4) is 5.75 Å². The van der Waals surface area contributed by atoms with Crippen molar-refractivity contribution in [2.24, 2.45) is 0 Å². The highest BCUT2D eigenvalue weighted by atomic mass is 19.1. The van der Waals surface area contributed by atoms with Crippen LogP contribution in [0.5, 0.6) is 5.75 Å². The van der Waals surface area contributed by atoms with Crippen molar-refractivity contribution in [2.45, 2.75) is 18.9 Å². The first-order valence-electron chi connectivity index (χ1n) is 5.00. The zero-order valence-corrected chi connectivity index (χ0v) is 8.44. The lowest BCUT2D eigenvalue weighted by atomic mass is 10.0. The second-order valence-electron chi connectivity index (χ2n) is 3.77. The molecule has 0 aliphatic carbocycles. The number of nitro benzene ring substituents is 1. The van der Waals surface area contributed by atoms with Gasteiger partial charge in [-0.2, -0.15) is 0 Å². The molecule has 86 valence electrons. The van der Waals surface area contributed by atoms with Crippen molar-refractivity contribution < 1.29 is 14.4 Å². The summed E-state index contributed by atoms with van der Waals surface area (Å²) in [6.07, 6.45) is 1.66. The number of hydrogen-bond donors (Lipinski definition) is 2. The molecule has 1 aromatic carbocycles. The van der Waals surface area contributed by atoms with Crippen molar-refractivity contribution in [3.63, 3.8) is 0 Å². The molecule has 5 nitrogen and oxygen atoms in total. The molecule has 0 bridgehead atoms. The number of benzene rings is 1. The molecule has 1 heterocycles. The van der Waals surface area contributed by atoms with Crippen LogP contribution in [0, 0.1) is 15.9 Å².